The van der Waals surface area contributed by atoms with Crippen LogP contribution in [0.4, 0.5) is 8.78 Å². The minimum atomic E-state index is -2.74. The maximum atomic E-state index is 12.2. The van der Waals surface area contributed by atoms with Gasteiger partial charge in [0, 0.05) is 6.04 Å². The molecule has 0 saturated carbocycles. The maximum absolute atomic E-state index is 12.2. The fraction of sp³-hybridized carbons (Fsp3) is 0.750. The van der Waals surface area contributed by atoms with Crippen molar-refractivity contribution in [3.05, 3.63) is 11.8 Å². The molecule has 2 N–H and O–H groups in total. The molecule has 1 saturated heterocycles. The van der Waals surface area contributed by atoms with Gasteiger partial charge in [0.25, 0.3) is 5.89 Å². The molecule has 7 heteroatoms. The van der Waals surface area contributed by atoms with Gasteiger partial charge in [0.1, 0.15) is 6.10 Å². The average molecular weight is 219 g/mol. The zero-order valence-corrected chi connectivity index (χ0v) is 7.90. The minimum Gasteiger partial charge on any atom is -0.417 e. The smallest absolute Gasteiger partial charge is 0.314 e. The van der Waals surface area contributed by atoms with Crippen LogP contribution in [-0.2, 0) is 4.74 Å². The van der Waals surface area contributed by atoms with E-state index in [0.29, 0.717) is 13.0 Å². The summed E-state index contributed by atoms with van der Waals surface area (Å²) in [6.45, 7) is 0.386. The van der Waals surface area contributed by atoms with Crippen LogP contribution in [0.5, 0.6) is 0 Å². The second-order valence-corrected chi connectivity index (χ2v) is 3.44. The van der Waals surface area contributed by atoms with Gasteiger partial charge in [-0.15, -0.1) is 10.2 Å². The highest BCUT2D eigenvalue weighted by Gasteiger charge is 2.26. The number of ether oxygens (including phenoxy) is 1. The van der Waals surface area contributed by atoms with Crippen LogP contribution in [0.25, 0.3) is 0 Å². The highest BCUT2D eigenvalue weighted by molar-refractivity contribution is 4.90. The SMILES string of the molecule is N[C@@H]1CC[C@@H](c2nnc(C(F)F)o2)OC1. The summed E-state index contributed by atoms with van der Waals surface area (Å²) in [4.78, 5) is 0. The second kappa shape index (κ2) is 4.19. The first kappa shape index (κ1) is 10.4. The van der Waals surface area contributed by atoms with Crippen LogP contribution in [0.3, 0.4) is 0 Å². The lowest BCUT2D eigenvalue weighted by atomic mass is 10.1. The molecule has 2 heterocycles. The van der Waals surface area contributed by atoms with E-state index in [-0.39, 0.29) is 11.9 Å². The lowest BCUT2D eigenvalue weighted by Crippen LogP contribution is -2.32. The topological polar surface area (TPSA) is 74.2 Å². The van der Waals surface area contributed by atoms with E-state index in [1.807, 2.05) is 0 Å². The van der Waals surface area contributed by atoms with E-state index in [1.54, 1.807) is 0 Å². The largest absolute Gasteiger partial charge is 0.417 e. The monoisotopic (exact) mass is 219 g/mol. The number of nitrogens with zero attached hydrogens (tertiary/aromatic N) is 2. The molecule has 0 spiro atoms. The van der Waals surface area contributed by atoms with E-state index in [4.69, 9.17) is 14.9 Å². The van der Waals surface area contributed by atoms with Gasteiger partial charge in [-0.1, -0.05) is 0 Å². The Morgan fingerprint density at radius 2 is 2.13 bits per heavy atom. The summed E-state index contributed by atoms with van der Waals surface area (Å²) in [6.07, 6.45) is -1.76. The number of hydrogen-bond donors (Lipinski definition) is 1. The number of aromatic nitrogens is 2. The summed E-state index contributed by atoms with van der Waals surface area (Å²) < 4.78 is 34.4. The Morgan fingerprint density at radius 1 is 1.33 bits per heavy atom. The second-order valence-electron chi connectivity index (χ2n) is 3.44. The van der Waals surface area contributed by atoms with Gasteiger partial charge in [0.2, 0.25) is 5.89 Å². The number of halogens is 2. The average Bonchev–Trinajstić information content (AvgIpc) is 2.68. The van der Waals surface area contributed by atoms with Crippen molar-refractivity contribution >= 4 is 0 Å². The fourth-order valence-corrected chi connectivity index (χ4v) is 1.43. The summed E-state index contributed by atoms with van der Waals surface area (Å²) in [7, 11) is 0. The molecular weight excluding hydrogens is 208 g/mol. The van der Waals surface area contributed by atoms with Crippen LogP contribution in [0.1, 0.15) is 37.2 Å². The van der Waals surface area contributed by atoms with Gasteiger partial charge in [-0.05, 0) is 12.8 Å². The Balaban J connectivity index is 2.03. The molecule has 0 bridgehead atoms. The van der Waals surface area contributed by atoms with E-state index < -0.39 is 18.4 Å². The zero-order chi connectivity index (χ0) is 10.8. The number of rotatable bonds is 2. The summed E-state index contributed by atoms with van der Waals surface area (Å²) >= 11 is 0. The first-order valence-electron chi connectivity index (χ1n) is 4.65. The Bertz CT molecular complexity index is 323. The van der Waals surface area contributed by atoms with Crippen molar-refractivity contribution in [2.24, 2.45) is 5.73 Å². The molecule has 0 unspecified atom stereocenters. The van der Waals surface area contributed by atoms with Crippen molar-refractivity contribution in [2.45, 2.75) is 31.4 Å². The third-order valence-electron chi connectivity index (χ3n) is 2.23. The van der Waals surface area contributed by atoms with Crippen LogP contribution >= 0.6 is 0 Å². The molecule has 84 valence electrons. The van der Waals surface area contributed by atoms with Crippen molar-refractivity contribution < 1.29 is 17.9 Å². The lowest BCUT2D eigenvalue weighted by Gasteiger charge is -2.23. The van der Waals surface area contributed by atoms with E-state index in [2.05, 4.69) is 10.2 Å². The Morgan fingerprint density at radius 3 is 2.67 bits per heavy atom. The Kier molecular flexibility index (Phi) is 2.92. The van der Waals surface area contributed by atoms with Crippen LogP contribution in [0.15, 0.2) is 4.42 Å². The summed E-state index contributed by atoms with van der Waals surface area (Å²) in [5.41, 5.74) is 5.62. The molecule has 0 aliphatic carbocycles. The molecule has 1 fully saturated rings. The van der Waals surface area contributed by atoms with Crippen molar-refractivity contribution in [3.8, 4) is 0 Å². The maximum Gasteiger partial charge on any atom is 0.314 e. The van der Waals surface area contributed by atoms with Crippen LogP contribution < -0.4 is 5.73 Å². The van der Waals surface area contributed by atoms with Crippen molar-refractivity contribution in [2.75, 3.05) is 6.61 Å². The van der Waals surface area contributed by atoms with Gasteiger partial charge >= 0.3 is 6.43 Å². The highest BCUT2D eigenvalue weighted by atomic mass is 19.3. The standard InChI is InChI=1S/C8H11F2N3O2/c9-6(10)8-13-12-7(15-8)5-2-1-4(11)3-14-5/h4-6H,1-3,11H2/t4-,5+/m1/s1. The summed E-state index contributed by atoms with van der Waals surface area (Å²) in [5.74, 6) is -0.555. The molecule has 2 rings (SSSR count). The molecule has 1 aromatic rings. The fourth-order valence-electron chi connectivity index (χ4n) is 1.43. The normalized spacial score (nSPS) is 27.2. The van der Waals surface area contributed by atoms with Crippen LogP contribution in [-0.4, -0.2) is 22.8 Å². The molecule has 1 aliphatic heterocycles. The first-order chi connectivity index (χ1) is 7.16. The molecule has 15 heavy (non-hydrogen) atoms. The molecule has 2 atom stereocenters. The van der Waals surface area contributed by atoms with E-state index in [9.17, 15) is 8.78 Å². The lowest BCUT2D eigenvalue weighted by molar-refractivity contribution is -0.0138. The number of hydrogen-bond acceptors (Lipinski definition) is 5. The van der Waals surface area contributed by atoms with Gasteiger partial charge in [-0.2, -0.15) is 8.78 Å². The summed E-state index contributed by atoms with van der Waals surface area (Å²) in [5, 5.41) is 6.76. The molecule has 1 aliphatic rings. The molecule has 0 radical (unpaired) electrons. The zero-order valence-electron chi connectivity index (χ0n) is 7.90. The van der Waals surface area contributed by atoms with Crippen LogP contribution in [0.2, 0.25) is 0 Å². The van der Waals surface area contributed by atoms with Gasteiger partial charge in [-0.3, -0.25) is 0 Å². The quantitative estimate of drug-likeness (QED) is 0.808. The van der Waals surface area contributed by atoms with E-state index >= 15 is 0 Å². The Hall–Kier alpha value is -1.08. The molecular formula is C8H11F2N3O2. The highest BCUT2D eigenvalue weighted by Crippen LogP contribution is 2.28. The van der Waals surface area contributed by atoms with E-state index in [1.165, 1.54) is 0 Å². The summed E-state index contributed by atoms with van der Waals surface area (Å²) in [6, 6.07) is -0.00117. The van der Waals surface area contributed by atoms with Gasteiger partial charge in [0.05, 0.1) is 6.61 Å². The molecule has 0 aromatic carbocycles. The van der Waals surface area contributed by atoms with Crippen molar-refractivity contribution in [1.29, 1.82) is 0 Å². The number of alkyl halides is 2. The van der Waals surface area contributed by atoms with Crippen molar-refractivity contribution in [1.82, 2.24) is 10.2 Å². The predicted octanol–water partition coefficient (Wildman–Crippen LogP) is 1.19. The van der Waals surface area contributed by atoms with Gasteiger partial charge in [-0.25, -0.2) is 0 Å². The molecule has 1 aromatic heterocycles. The van der Waals surface area contributed by atoms with Crippen molar-refractivity contribution in [3.63, 3.8) is 0 Å². The molecule has 5 nitrogen and oxygen atoms in total. The van der Waals surface area contributed by atoms with Gasteiger partial charge in [0.15, 0.2) is 0 Å². The minimum absolute atomic E-state index is 0.00117. The Labute approximate surface area is 84.6 Å². The first-order valence-corrected chi connectivity index (χ1v) is 4.65. The third-order valence-corrected chi connectivity index (χ3v) is 2.23. The van der Waals surface area contributed by atoms with Gasteiger partial charge < -0.3 is 14.9 Å². The number of nitrogens with two attached hydrogens (primary N) is 1. The molecule has 0 amide bonds. The van der Waals surface area contributed by atoms with E-state index in [0.717, 1.165) is 6.42 Å². The predicted molar refractivity (Wildman–Crippen MR) is 45.2 cm³/mol. The third kappa shape index (κ3) is 2.29. The van der Waals surface area contributed by atoms with Crippen LogP contribution in [0, 0.1) is 0 Å².